The lowest BCUT2D eigenvalue weighted by atomic mass is 10.0. The van der Waals surface area contributed by atoms with Crippen molar-refractivity contribution < 1.29 is 19.1 Å². The number of Topliss-reactive ketones (excluding diaryl/α,β-unsaturated/α-hetero) is 1. The predicted molar refractivity (Wildman–Crippen MR) is 84.9 cm³/mol. The van der Waals surface area contributed by atoms with Crippen LogP contribution in [0.4, 0.5) is 5.13 Å². The van der Waals surface area contributed by atoms with Crippen LogP contribution in [0.15, 0.2) is 51.4 Å². The van der Waals surface area contributed by atoms with E-state index in [2.05, 4.69) is 15.2 Å². The largest absolute Gasteiger partial charge is 0.503 e. The van der Waals surface area contributed by atoms with Crippen LogP contribution in [0.2, 0.25) is 0 Å². The Bertz CT molecular complexity index is 916. The quantitative estimate of drug-likeness (QED) is 0.711. The Morgan fingerprint density at radius 3 is 2.83 bits per heavy atom. The number of thiazole rings is 1. The molecule has 1 aliphatic rings. The number of aliphatic hydroxyl groups excluding tert-OH is 1. The zero-order chi connectivity index (χ0) is 16.7. The van der Waals surface area contributed by atoms with Crippen LogP contribution in [-0.2, 0) is 4.79 Å². The van der Waals surface area contributed by atoms with Crippen LogP contribution in [0, 0.1) is 0 Å². The number of amides is 1. The summed E-state index contributed by atoms with van der Waals surface area (Å²) in [6.45, 7) is 0. The van der Waals surface area contributed by atoms with Gasteiger partial charge >= 0.3 is 0 Å². The van der Waals surface area contributed by atoms with Gasteiger partial charge in [-0.1, -0.05) is 11.3 Å². The molecule has 0 saturated heterocycles. The fourth-order valence-electron chi connectivity index (χ4n) is 2.48. The van der Waals surface area contributed by atoms with Gasteiger partial charge in [0.15, 0.2) is 11.5 Å². The molecule has 0 aromatic carbocycles. The SMILES string of the molecule is O=C(C1=C(O)C(=O)N(c2nncs2)C1c1cncs1)c1ccco1. The number of hydrogen-bond acceptors (Lipinski definition) is 9. The Labute approximate surface area is 142 Å². The van der Waals surface area contributed by atoms with Crippen molar-refractivity contribution in [2.45, 2.75) is 6.04 Å². The molecule has 4 heterocycles. The summed E-state index contributed by atoms with van der Waals surface area (Å²) >= 11 is 2.40. The molecule has 0 radical (unpaired) electrons. The van der Waals surface area contributed by atoms with E-state index in [-0.39, 0.29) is 16.5 Å². The van der Waals surface area contributed by atoms with Gasteiger partial charge in [0.2, 0.25) is 10.9 Å². The molecule has 3 aromatic heterocycles. The summed E-state index contributed by atoms with van der Waals surface area (Å²) in [5, 5.41) is 18.2. The lowest BCUT2D eigenvalue weighted by molar-refractivity contribution is -0.117. The van der Waals surface area contributed by atoms with Crippen molar-refractivity contribution in [3.8, 4) is 0 Å². The molecular formula is C14H8N4O4S2. The fraction of sp³-hybridized carbons (Fsp3) is 0.0714. The highest BCUT2D eigenvalue weighted by atomic mass is 32.1. The third kappa shape index (κ3) is 2.15. The van der Waals surface area contributed by atoms with E-state index in [4.69, 9.17) is 4.42 Å². The van der Waals surface area contributed by atoms with Crippen molar-refractivity contribution in [3.05, 3.63) is 57.6 Å². The van der Waals surface area contributed by atoms with Gasteiger partial charge in [-0.05, 0) is 12.1 Å². The number of anilines is 1. The maximum atomic E-state index is 12.7. The fourth-order valence-corrected chi connectivity index (χ4v) is 3.78. The van der Waals surface area contributed by atoms with Crippen molar-refractivity contribution in [1.29, 1.82) is 0 Å². The molecule has 120 valence electrons. The van der Waals surface area contributed by atoms with E-state index < -0.39 is 23.5 Å². The van der Waals surface area contributed by atoms with Crippen LogP contribution < -0.4 is 4.90 Å². The smallest absolute Gasteiger partial charge is 0.296 e. The monoisotopic (exact) mass is 360 g/mol. The average molecular weight is 360 g/mol. The first-order valence-electron chi connectivity index (χ1n) is 6.68. The molecule has 1 aliphatic heterocycles. The van der Waals surface area contributed by atoms with Gasteiger partial charge in [-0.25, -0.2) is 0 Å². The van der Waals surface area contributed by atoms with E-state index in [1.807, 2.05) is 0 Å². The third-order valence-corrected chi connectivity index (χ3v) is 4.99. The van der Waals surface area contributed by atoms with Crippen molar-refractivity contribution in [3.63, 3.8) is 0 Å². The zero-order valence-corrected chi connectivity index (χ0v) is 13.5. The summed E-state index contributed by atoms with van der Waals surface area (Å²) in [6.07, 6.45) is 2.90. The highest BCUT2D eigenvalue weighted by molar-refractivity contribution is 7.13. The Hall–Kier alpha value is -2.85. The number of nitrogens with zero attached hydrogens (tertiary/aromatic N) is 4. The number of ketones is 1. The standard InChI is InChI=1S/C14H8N4O4S2/c19-11(7-2-1-3-22-7)9-10(8-4-15-5-23-8)18(13(21)12(9)20)14-17-16-6-24-14/h1-6,10,20H. The molecule has 24 heavy (non-hydrogen) atoms. The van der Waals surface area contributed by atoms with Crippen molar-refractivity contribution >= 4 is 39.5 Å². The van der Waals surface area contributed by atoms with Gasteiger partial charge in [0.05, 0.1) is 22.2 Å². The highest BCUT2D eigenvalue weighted by Gasteiger charge is 2.47. The Balaban J connectivity index is 1.87. The van der Waals surface area contributed by atoms with Crippen LogP contribution in [0.1, 0.15) is 21.5 Å². The van der Waals surface area contributed by atoms with Crippen molar-refractivity contribution in [2.75, 3.05) is 4.90 Å². The minimum atomic E-state index is -0.824. The first-order chi connectivity index (χ1) is 11.7. The minimum Gasteiger partial charge on any atom is -0.503 e. The summed E-state index contributed by atoms with van der Waals surface area (Å²) in [5.74, 6) is -1.85. The van der Waals surface area contributed by atoms with Crippen LogP contribution >= 0.6 is 22.7 Å². The van der Waals surface area contributed by atoms with Crippen LogP contribution in [-0.4, -0.2) is 32.0 Å². The van der Waals surface area contributed by atoms with Crippen LogP contribution in [0.5, 0.6) is 0 Å². The number of carbonyl (C=O) groups excluding carboxylic acids is 2. The second-order valence-corrected chi connectivity index (χ2v) is 6.50. The molecule has 0 fully saturated rings. The molecule has 0 aliphatic carbocycles. The van der Waals surface area contributed by atoms with Gasteiger partial charge in [0, 0.05) is 6.20 Å². The van der Waals surface area contributed by atoms with Gasteiger partial charge in [0.1, 0.15) is 11.6 Å². The molecule has 1 amide bonds. The van der Waals surface area contributed by atoms with Crippen molar-refractivity contribution in [1.82, 2.24) is 15.2 Å². The summed E-state index contributed by atoms with van der Waals surface area (Å²) in [5.41, 5.74) is 2.99. The normalized spacial score (nSPS) is 17.8. The Morgan fingerprint density at radius 2 is 2.21 bits per heavy atom. The summed E-state index contributed by atoms with van der Waals surface area (Å²) < 4.78 is 5.12. The highest BCUT2D eigenvalue weighted by Crippen LogP contribution is 2.43. The molecule has 8 nitrogen and oxygen atoms in total. The summed E-state index contributed by atoms with van der Waals surface area (Å²) in [4.78, 5) is 31.2. The van der Waals surface area contributed by atoms with E-state index in [1.165, 1.54) is 34.1 Å². The number of aliphatic hydroxyl groups is 1. The number of hydrogen-bond donors (Lipinski definition) is 1. The lowest BCUT2D eigenvalue weighted by Gasteiger charge is -2.21. The van der Waals surface area contributed by atoms with Crippen molar-refractivity contribution in [2.24, 2.45) is 0 Å². The van der Waals surface area contributed by atoms with Gasteiger partial charge in [0.25, 0.3) is 5.91 Å². The van der Waals surface area contributed by atoms with Crippen LogP contribution in [0.25, 0.3) is 0 Å². The minimum absolute atomic E-state index is 0.0398. The lowest BCUT2D eigenvalue weighted by Crippen LogP contribution is -2.30. The third-order valence-electron chi connectivity index (χ3n) is 3.47. The van der Waals surface area contributed by atoms with E-state index in [1.54, 1.807) is 17.8 Å². The Kier molecular flexibility index (Phi) is 3.47. The van der Waals surface area contributed by atoms with Gasteiger partial charge < -0.3 is 9.52 Å². The van der Waals surface area contributed by atoms with Gasteiger partial charge in [-0.15, -0.1) is 21.5 Å². The molecule has 0 spiro atoms. The molecule has 0 bridgehead atoms. The zero-order valence-electron chi connectivity index (χ0n) is 11.8. The summed E-state index contributed by atoms with van der Waals surface area (Å²) in [6, 6.07) is 2.21. The molecular weight excluding hydrogens is 352 g/mol. The first-order valence-corrected chi connectivity index (χ1v) is 8.44. The number of rotatable bonds is 4. The number of aromatic nitrogens is 3. The van der Waals surface area contributed by atoms with Gasteiger partial charge in [-0.3, -0.25) is 19.5 Å². The van der Waals surface area contributed by atoms with E-state index in [9.17, 15) is 14.7 Å². The molecule has 1 unspecified atom stereocenters. The van der Waals surface area contributed by atoms with Crippen LogP contribution in [0.3, 0.4) is 0 Å². The molecule has 3 aromatic rings. The maximum Gasteiger partial charge on any atom is 0.296 e. The molecule has 4 rings (SSSR count). The van der Waals surface area contributed by atoms with E-state index in [0.717, 1.165) is 11.3 Å². The van der Waals surface area contributed by atoms with Gasteiger partial charge in [-0.2, -0.15) is 0 Å². The second-order valence-electron chi connectivity index (χ2n) is 4.77. The molecule has 1 N–H and O–H groups in total. The average Bonchev–Trinajstić information content (AvgIpc) is 3.37. The topological polar surface area (TPSA) is 109 Å². The maximum absolute atomic E-state index is 12.7. The predicted octanol–water partition coefficient (Wildman–Crippen LogP) is 2.37. The second kappa shape index (κ2) is 5.65. The Morgan fingerprint density at radius 1 is 1.33 bits per heavy atom. The first kappa shape index (κ1) is 14.7. The molecule has 1 atom stereocenters. The number of carbonyl (C=O) groups is 2. The number of furan rings is 1. The van der Waals surface area contributed by atoms with E-state index >= 15 is 0 Å². The molecule has 0 saturated carbocycles. The summed E-state index contributed by atoms with van der Waals surface area (Å²) in [7, 11) is 0. The van der Waals surface area contributed by atoms with E-state index in [0.29, 0.717) is 4.88 Å². The molecule has 10 heteroatoms.